The summed E-state index contributed by atoms with van der Waals surface area (Å²) < 4.78 is 10.7. The van der Waals surface area contributed by atoms with E-state index in [1.54, 1.807) is 6.07 Å². The van der Waals surface area contributed by atoms with E-state index in [0.29, 0.717) is 23.1 Å². The second-order valence-electron chi connectivity index (χ2n) is 6.45. The summed E-state index contributed by atoms with van der Waals surface area (Å²) in [5.74, 6) is -0.0246. The molecule has 140 valence electrons. The number of hydrogen-bond acceptors (Lipinski definition) is 6. The summed E-state index contributed by atoms with van der Waals surface area (Å²) in [7, 11) is 1.48. The first-order valence-electron chi connectivity index (χ1n) is 8.34. The molecule has 0 unspecified atom stereocenters. The maximum atomic E-state index is 12.4. The zero-order valence-corrected chi connectivity index (χ0v) is 15.2. The van der Waals surface area contributed by atoms with Crippen LogP contribution in [0.2, 0.25) is 0 Å². The van der Waals surface area contributed by atoms with Crippen LogP contribution in [0, 0.1) is 0 Å². The highest BCUT2D eigenvalue weighted by molar-refractivity contribution is 5.90. The molecule has 6 heteroatoms. The smallest absolute Gasteiger partial charge is 0.344 e. The lowest BCUT2D eigenvalue weighted by molar-refractivity contribution is 0.401. The number of benzene rings is 2. The number of phenols is 3. The summed E-state index contributed by atoms with van der Waals surface area (Å²) >= 11 is 0. The van der Waals surface area contributed by atoms with Crippen molar-refractivity contribution in [3.8, 4) is 34.1 Å². The molecule has 0 radical (unpaired) electrons. The molecule has 0 saturated carbocycles. The highest BCUT2D eigenvalue weighted by Crippen LogP contribution is 2.39. The predicted molar refractivity (Wildman–Crippen MR) is 103 cm³/mol. The SMILES string of the molecule is COc1cc2oc(=O)c(-c3ccc(O)cc3O)cc2c(O)c1CC=C(C)C. The lowest BCUT2D eigenvalue weighted by atomic mass is 10.0. The third-order valence-electron chi connectivity index (χ3n) is 4.28. The molecule has 0 atom stereocenters. The highest BCUT2D eigenvalue weighted by atomic mass is 16.5. The predicted octanol–water partition coefficient (Wildman–Crippen LogP) is 4.09. The molecule has 3 aromatic rings. The van der Waals surface area contributed by atoms with Gasteiger partial charge in [-0.05, 0) is 38.5 Å². The van der Waals surface area contributed by atoms with Gasteiger partial charge in [0.05, 0.1) is 18.1 Å². The maximum absolute atomic E-state index is 12.4. The van der Waals surface area contributed by atoms with Crippen molar-refractivity contribution >= 4 is 11.0 Å². The molecule has 0 amide bonds. The standard InChI is InChI=1S/C21H20O6/c1-11(2)4-6-14-18(26-3)10-19-16(20(14)24)9-15(21(25)27-19)13-7-5-12(22)8-17(13)23/h4-5,7-10,22-24H,6H2,1-3H3. The molecule has 27 heavy (non-hydrogen) atoms. The quantitative estimate of drug-likeness (QED) is 0.474. The van der Waals surface area contributed by atoms with E-state index in [9.17, 15) is 20.1 Å². The van der Waals surface area contributed by atoms with Crippen LogP contribution in [0.25, 0.3) is 22.1 Å². The fraction of sp³-hybridized carbons (Fsp3) is 0.190. The van der Waals surface area contributed by atoms with Gasteiger partial charge in [-0.15, -0.1) is 0 Å². The number of allylic oxidation sites excluding steroid dienone is 2. The highest BCUT2D eigenvalue weighted by Gasteiger charge is 2.18. The van der Waals surface area contributed by atoms with Gasteiger partial charge in [0.1, 0.15) is 28.6 Å². The maximum Gasteiger partial charge on any atom is 0.344 e. The largest absolute Gasteiger partial charge is 0.508 e. The van der Waals surface area contributed by atoms with Crippen molar-refractivity contribution in [2.75, 3.05) is 7.11 Å². The van der Waals surface area contributed by atoms with E-state index < -0.39 is 5.63 Å². The first-order valence-corrected chi connectivity index (χ1v) is 8.34. The molecule has 0 aliphatic carbocycles. The average Bonchev–Trinajstić information content (AvgIpc) is 2.60. The Morgan fingerprint density at radius 2 is 1.85 bits per heavy atom. The van der Waals surface area contributed by atoms with Gasteiger partial charge in [-0.2, -0.15) is 0 Å². The molecule has 0 bridgehead atoms. The van der Waals surface area contributed by atoms with E-state index in [1.807, 2.05) is 19.9 Å². The third kappa shape index (κ3) is 3.46. The Bertz CT molecular complexity index is 1100. The van der Waals surface area contributed by atoms with Crippen molar-refractivity contribution in [2.24, 2.45) is 0 Å². The van der Waals surface area contributed by atoms with Crippen molar-refractivity contribution in [1.29, 1.82) is 0 Å². The summed E-state index contributed by atoms with van der Waals surface area (Å²) in [5, 5.41) is 30.6. The third-order valence-corrected chi connectivity index (χ3v) is 4.28. The second kappa shape index (κ2) is 7.07. The molecule has 2 aromatic carbocycles. The van der Waals surface area contributed by atoms with Crippen LogP contribution < -0.4 is 10.4 Å². The van der Waals surface area contributed by atoms with Crippen LogP contribution in [-0.2, 0) is 6.42 Å². The topological polar surface area (TPSA) is 100 Å². The van der Waals surface area contributed by atoms with Crippen LogP contribution in [0.1, 0.15) is 19.4 Å². The van der Waals surface area contributed by atoms with E-state index in [2.05, 4.69) is 0 Å². The number of aromatic hydroxyl groups is 3. The minimum absolute atomic E-state index is 0.0508. The Morgan fingerprint density at radius 1 is 1.11 bits per heavy atom. The Labute approximate surface area is 155 Å². The number of phenolic OH excluding ortho intramolecular Hbond substituents is 3. The van der Waals surface area contributed by atoms with E-state index in [0.717, 1.165) is 11.6 Å². The monoisotopic (exact) mass is 368 g/mol. The number of rotatable bonds is 4. The lowest BCUT2D eigenvalue weighted by Gasteiger charge is -2.13. The molecule has 1 aromatic heterocycles. The molecule has 1 heterocycles. The molecule has 3 rings (SSSR count). The molecule has 0 saturated heterocycles. The molecule has 0 aliphatic heterocycles. The number of methoxy groups -OCH3 is 1. The fourth-order valence-electron chi connectivity index (χ4n) is 2.88. The Morgan fingerprint density at radius 3 is 2.48 bits per heavy atom. The summed E-state index contributed by atoms with van der Waals surface area (Å²) in [6.45, 7) is 3.91. The summed E-state index contributed by atoms with van der Waals surface area (Å²) in [4.78, 5) is 12.4. The minimum Gasteiger partial charge on any atom is -0.508 e. The Balaban J connectivity index is 2.28. The van der Waals surface area contributed by atoms with Gasteiger partial charge < -0.3 is 24.5 Å². The van der Waals surface area contributed by atoms with Gasteiger partial charge in [0.25, 0.3) is 0 Å². The first kappa shape index (κ1) is 18.4. The van der Waals surface area contributed by atoms with Gasteiger partial charge in [-0.1, -0.05) is 11.6 Å². The van der Waals surface area contributed by atoms with E-state index in [1.165, 1.54) is 25.3 Å². The molecular weight excluding hydrogens is 348 g/mol. The number of ether oxygens (including phenoxy) is 1. The van der Waals surface area contributed by atoms with Crippen LogP contribution in [0.4, 0.5) is 0 Å². The number of fused-ring (bicyclic) bond motifs is 1. The van der Waals surface area contributed by atoms with Crippen LogP contribution in [0.5, 0.6) is 23.0 Å². The van der Waals surface area contributed by atoms with Gasteiger partial charge in [0.15, 0.2) is 0 Å². The van der Waals surface area contributed by atoms with Crippen LogP contribution in [0.3, 0.4) is 0 Å². The molecule has 6 nitrogen and oxygen atoms in total. The van der Waals surface area contributed by atoms with Crippen molar-refractivity contribution in [3.05, 3.63) is 58.0 Å². The molecule has 3 N–H and O–H groups in total. The normalized spacial score (nSPS) is 10.8. The Kier molecular flexibility index (Phi) is 4.81. The summed E-state index contributed by atoms with van der Waals surface area (Å²) in [6, 6.07) is 6.92. The molecular formula is C21H20O6. The lowest BCUT2D eigenvalue weighted by Crippen LogP contribution is -2.04. The van der Waals surface area contributed by atoms with Gasteiger partial charge >= 0.3 is 5.63 Å². The van der Waals surface area contributed by atoms with Crippen molar-refractivity contribution in [1.82, 2.24) is 0 Å². The zero-order valence-electron chi connectivity index (χ0n) is 15.2. The Hall–Kier alpha value is -3.41. The van der Waals surface area contributed by atoms with Crippen LogP contribution in [-0.4, -0.2) is 22.4 Å². The van der Waals surface area contributed by atoms with Gasteiger partial charge in [0.2, 0.25) is 0 Å². The number of hydrogen-bond donors (Lipinski definition) is 3. The molecule has 0 aliphatic rings. The fourth-order valence-corrected chi connectivity index (χ4v) is 2.88. The molecule has 0 spiro atoms. The van der Waals surface area contributed by atoms with Crippen molar-refractivity contribution in [2.45, 2.75) is 20.3 Å². The zero-order chi connectivity index (χ0) is 19.7. The van der Waals surface area contributed by atoms with Gasteiger partial charge in [-0.3, -0.25) is 0 Å². The average molecular weight is 368 g/mol. The summed E-state index contributed by atoms with van der Waals surface area (Å²) in [5.41, 5.74) is 1.43. The van der Waals surface area contributed by atoms with E-state index >= 15 is 0 Å². The van der Waals surface area contributed by atoms with Gasteiger partial charge in [-0.25, -0.2) is 4.79 Å². The first-order chi connectivity index (χ1) is 12.8. The molecule has 0 fully saturated rings. The van der Waals surface area contributed by atoms with Crippen molar-refractivity contribution in [3.63, 3.8) is 0 Å². The van der Waals surface area contributed by atoms with E-state index in [4.69, 9.17) is 9.15 Å². The van der Waals surface area contributed by atoms with Gasteiger partial charge in [0, 0.05) is 23.3 Å². The minimum atomic E-state index is -0.679. The second-order valence-corrected chi connectivity index (χ2v) is 6.45. The van der Waals surface area contributed by atoms with Crippen LogP contribution >= 0.6 is 0 Å². The summed E-state index contributed by atoms with van der Waals surface area (Å²) in [6.07, 6.45) is 2.40. The van der Waals surface area contributed by atoms with Crippen molar-refractivity contribution < 1.29 is 24.5 Å². The van der Waals surface area contributed by atoms with E-state index in [-0.39, 0.29) is 34.0 Å². The van der Waals surface area contributed by atoms with Crippen LogP contribution in [0.15, 0.2) is 51.2 Å².